The van der Waals surface area contributed by atoms with Crippen LogP contribution in [0.1, 0.15) is 72.4 Å². The van der Waals surface area contributed by atoms with Gasteiger partial charge in [0.05, 0.1) is 6.61 Å². The molecule has 2 aliphatic rings. The Kier molecular flexibility index (Phi) is 7.55. The summed E-state index contributed by atoms with van der Waals surface area (Å²) in [5.41, 5.74) is 5.15. The predicted molar refractivity (Wildman–Crippen MR) is 124 cm³/mol. The number of aliphatic hydroxyl groups is 4. The Balaban J connectivity index is 1.72. The molecule has 0 spiro atoms. The quantitative estimate of drug-likeness (QED) is 0.528. The SMILES string of the molecule is CCc1ccc(Cc2cc([C@@H]3O[C@H](CO)[C@@H](O)[C@H](O)[C@H]3O)cc(C3CCCC3)c2Cl)cc1. The fourth-order valence-electron chi connectivity index (χ4n) is 5.05. The van der Waals surface area contributed by atoms with E-state index in [1.807, 2.05) is 12.1 Å². The van der Waals surface area contributed by atoms with Gasteiger partial charge in [0, 0.05) is 5.02 Å². The molecule has 0 radical (unpaired) electrons. The molecule has 0 unspecified atom stereocenters. The average Bonchev–Trinajstić information content (AvgIpc) is 3.34. The normalized spacial score (nSPS) is 28.9. The van der Waals surface area contributed by atoms with Crippen LogP contribution >= 0.6 is 11.6 Å². The lowest BCUT2D eigenvalue weighted by molar-refractivity contribution is -0.231. The van der Waals surface area contributed by atoms with Crippen LogP contribution in [-0.2, 0) is 17.6 Å². The maximum Gasteiger partial charge on any atom is 0.113 e. The van der Waals surface area contributed by atoms with Gasteiger partial charge in [-0.1, -0.05) is 67.8 Å². The molecule has 2 aromatic carbocycles. The minimum absolute atomic E-state index is 0.355. The number of aliphatic hydroxyl groups excluding tert-OH is 4. The van der Waals surface area contributed by atoms with Crippen molar-refractivity contribution in [1.82, 2.24) is 0 Å². The van der Waals surface area contributed by atoms with Crippen LogP contribution in [-0.4, -0.2) is 51.4 Å². The van der Waals surface area contributed by atoms with E-state index >= 15 is 0 Å². The summed E-state index contributed by atoms with van der Waals surface area (Å²) in [4.78, 5) is 0. The summed E-state index contributed by atoms with van der Waals surface area (Å²) < 4.78 is 5.86. The van der Waals surface area contributed by atoms with Gasteiger partial charge < -0.3 is 25.2 Å². The van der Waals surface area contributed by atoms with Crippen LogP contribution in [0.2, 0.25) is 5.02 Å². The molecule has 174 valence electrons. The Hall–Kier alpha value is -1.47. The fourth-order valence-corrected chi connectivity index (χ4v) is 5.38. The second kappa shape index (κ2) is 10.2. The highest BCUT2D eigenvalue weighted by molar-refractivity contribution is 6.32. The van der Waals surface area contributed by atoms with Gasteiger partial charge >= 0.3 is 0 Å². The van der Waals surface area contributed by atoms with E-state index in [1.54, 1.807) is 0 Å². The lowest BCUT2D eigenvalue weighted by Gasteiger charge is -2.40. The lowest BCUT2D eigenvalue weighted by Crippen LogP contribution is -2.55. The summed E-state index contributed by atoms with van der Waals surface area (Å²) in [6.07, 6.45) is 0.238. The van der Waals surface area contributed by atoms with Crippen molar-refractivity contribution < 1.29 is 25.2 Å². The van der Waals surface area contributed by atoms with Crippen LogP contribution in [0.3, 0.4) is 0 Å². The van der Waals surface area contributed by atoms with E-state index in [0.29, 0.717) is 17.9 Å². The largest absolute Gasteiger partial charge is 0.394 e. The van der Waals surface area contributed by atoms with Crippen LogP contribution < -0.4 is 0 Å². The van der Waals surface area contributed by atoms with Crippen molar-refractivity contribution in [2.24, 2.45) is 0 Å². The highest BCUT2D eigenvalue weighted by Crippen LogP contribution is 2.42. The smallest absolute Gasteiger partial charge is 0.113 e. The molecule has 32 heavy (non-hydrogen) atoms. The van der Waals surface area contributed by atoms with Crippen LogP contribution in [0.4, 0.5) is 0 Å². The minimum atomic E-state index is -1.40. The van der Waals surface area contributed by atoms with Gasteiger partial charge in [0.15, 0.2) is 0 Å². The molecule has 1 saturated heterocycles. The third-order valence-corrected chi connectivity index (χ3v) is 7.50. The van der Waals surface area contributed by atoms with Crippen LogP contribution in [0.5, 0.6) is 0 Å². The van der Waals surface area contributed by atoms with Gasteiger partial charge in [0.2, 0.25) is 0 Å². The van der Waals surface area contributed by atoms with E-state index in [1.165, 1.54) is 18.4 Å². The predicted octanol–water partition coefficient (Wildman–Crippen LogP) is 3.67. The van der Waals surface area contributed by atoms with Crippen LogP contribution in [0, 0.1) is 0 Å². The summed E-state index contributed by atoms with van der Waals surface area (Å²) in [5.74, 6) is 0.355. The Morgan fingerprint density at radius 3 is 2.22 bits per heavy atom. The van der Waals surface area contributed by atoms with Crippen molar-refractivity contribution in [1.29, 1.82) is 0 Å². The number of aryl methyl sites for hydroxylation is 1. The Labute approximate surface area is 194 Å². The molecular weight excluding hydrogens is 428 g/mol. The van der Waals surface area contributed by atoms with E-state index < -0.39 is 37.1 Å². The molecule has 1 heterocycles. The summed E-state index contributed by atoms with van der Waals surface area (Å²) in [7, 11) is 0. The molecule has 0 bridgehead atoms. The van der Waals surface area contributed by atoms with Gasteiger partial charge in [-0.25, -0.2) is 0 Å². The Morgan fingerprint density at radius 1 is 0.938 bits per heavy atom. The number of benzene rings is 2. The van der Waals surface area contributed by atoms with Gasteiger partial charge in [-0.15, -0.1) is 0 Å². The standard InChI is InChI=1S/C26H33ClO5/c1-2-15-7-9-16(10-8-15)11-18-12-19(13-20(22(18)27)17-5-3-4-6-17)26-25(31)24(30)23(29)21(14-28)32-26/h7-10,12-13,17,21,23-26,28-31H,2-6,11,14H2,1H3/t21-,23-,24+,25-,26+/m1/s1. The molecule has 0 amide bonds. The summed E-state index contributed by atoms with van der Waals surface area (Å²) in [5, 5.41) is 41.5. The number of rotatable bonds is 6. The monoisotopic (exact) mass is 460 g/mol. The number of hydrogen-bond donors (Lipinski definition) is 4. The average molecular weight is 461 g/mol. The molecule has 2 fully saturated rings. The highest BCUT2D eigenvalue weighted by Gasteiger charge is 2.44. The first-order chi connectivity index (χ1) is 15.4. The van der Waals surface area contributed by atoms with Crippen molar-refractivity contribution >= 4 is 11.6 Å². The zero-order chi connectivity index (χ0) is 22.8. The number of hydrogen-bond acceptors (Lipinski definition) is 5. The first-order valence-corrected chi connectivity index (χ1v) is 12.0. The molecule has 4 N–H and O–H groups in total. The van der Waals surface area contributed by atoms with Crippen molar-refractivity contribution in [3.63, 3.8) is 0 Å². The molecule has 1 aliphatic carbocycles. The van der Waals surface area contributed by atoms with Gasteiger partial charge in [0.1, 0.15) is 30.5 Å². The van der Waals surface area contributed by atoms with E-state index in [-0.39, 0.29) is 0 Å². The van der Waals surface area contributed by atoms with Gasteiger partial charge in [-0.2, -0.15) is 0 Å². The molecule has 1 aliphatic heterocycles. The Bertz CT molecular complexity index is 907. The van der Waals surface area contributed by atoms with Crippen molar-refractivity contribution in [3.05, 3.63) is 69.2 Å². The zero-order valence-electron chi connectivity index (χ0n) is 18.5. The zero-order valence-corrected chi connectivity index (χ0v) is 19.2. The highest BCUT2D eigenvalue weighted by atomic mass is 35.5. The van der Waals surface area contributed by atoms with Gasteiger partial charge in [0.25, 0.3) is 0 Å². The number of halogens is 1. The summed E-state index contributed by atoms with van der Waals surface area (Å²) >= 11 is 6.92. The van der Waals surface area contributed by atoms with Gasteiger partial charge in [-0.3, -0.25) is 0 Å². The third kappa shape index (κ3) is 4.74. The molecule has 4 rings (SSSR count). The summed E-state index contributed by atoms with van der Waals surface area (Å²) in [6, 6.07) is 12.4. The molecular formula is C26H33ClO5. The number of ether oxygens (including phenoxy) is 1. The maximum atomic E-state index is 10.7. The van der Waals surface area contributed by atoms with Crippen LogP contribution in [0.25, 0.3) is 0 Å². The minimum Gasteiger partial charge on any atom is -0.394 e. The second-order valence-corrected chi connectivity index (χ2v) is 9.54. The second-order valence-electron chi connectivity index (χ2n) is 9.16. The summed E-state index contributed by atoms with van der Waals surface area (Å²) in [6.45, 7) is 1.69. The molecule has 5 nitrogen and oxygen atoms in total. The molecule has 0 aromatic heterocycles. The van der Waals surface area contributed by atoms with Crippen molar-refractivity contribution in [3.8, 4) is 0 Å². The van der Waals surface area contributed by atoms with Gasteiger partial charge in [-0.05, 0) is 59.4 Å². The molecule has 6 heteroatoms. The molecule has 2 aromatic rings. The van der Waals surface area contributed by atoms with Crippen LogP contribution in [0.15, 0.2) is 36.4 Å². The van der Waals surface area contributed by atoms with E-state index in [2.05, 4.69) is 31.2 Å². The van der Waals surface area contributed by atoms with Crippen molar-refractivity contribution in [2.75, 3.05) is 6.61 Å². The molecule has 5 atom stereocenters. The van der Waals surface area contributed by atoms with E-state index in [4.69, 9.17) is 16.3 Å². The first-order valence-electron chi connectivity index (χ1n) is 11.6. The van der Waals surface area contributed by atoms with E-state index in [0.717, 1.165) is 41.0 Å². The lowest BCUT2D eigenvalue weighted by atomic mass is 9.86. The third-order valence-electron chi connectivity index (χ3n) is 7.04. The fraction of sp³-hybridized carbons (Fsp3) is 0.538. The maximum absolute atomic E-state index is 10.7. The van der Waals surface area contributed by atoms with Crippen molar-refractivity contribution in [2.45, 2.75) is 81.9 Å². The molecule has 1 saturated carbocycles. The van der Waals surface area contributed by atoms with E-state index in [9.17, 15) is 20.4 Å². The first kappa shape index (κ1) is 23.7. The topological polar surface area (TPSA) is 90.2 Å². The Morgan fingerprint density at radius 2 is 1.59 bits per heavy atom.